The Labute approximate surface area is 346 Å². The van der Waals surface area contributed by atoms with Gasteiger partial charge in [0.05, 0.1) is 0 Å². The molecule has 4 rings (SSSR count). The van der Waals surface area contributed by atoms with E-state index >= 15 is 0 Å². The van der Waals surface area contributed by atoms with E-state index in [-0.39, 0.29) is 37.2 Å². The molecule has 3 aromatic carbocycles. The van der Waals surface area contributed by atoms with E-state index in [2.05, 4.69) is 87.1 Å². The molecule has 0 amide bonds. The standard InChI is InChI=1S/C39H51O9Si.3ClH.Ti/c1-20-21(2)23(4)39(22(20)3)49(30-17-27(40-8)36(46-14)33(43-11)24(30)5,31-18-28(41-9)37(47-15)34(44-12)25(31)6)32-19-29(42-10)38(48-16)35(45-13)26(32)7;;;;/h17-19H,1-16H3;3*1H;/q;;;;+3/p-3. The molecular weight excluding hydrogens is 795 g/mol. The summed E-state index contributed by atoms with van der Waals surface area (Å²) in [6.45, 7) is 15.2. The van der Waals surface area contributed by atoms with Gasteiger partial charge in [0.2, 0.25) is 0 Å². The maximum atomic E-state index is 6.18. The second-order valence-electron chi connectivity index (χ2n) is 12.5. The van der Waals surface area contributed by atoms with Gasteiger partial charge in [-0.15, -0.1) is 0 Å². The van der Waals surface area contributed by atoms with Gasteiger partial charge >= 0.3 is 311 Å². The molecule has 3 aromatic rings. The van der Waals surface area contributed by atoms with Gasteiger partial charge < -0.3 is 37.2 Å². The molecule has 0 radical (unpaired) electrons. The first-order valence-corrected chi connectivity index (χ1v) is 19.0. The van der Waals surface area contributed by atoms with Crippen LogP contribution in [0.3, 0.4) is 0 Å². The number of halogens is 3. The Hall–Kier alpha value is -2.86. The predicted octanol–water partition coefficient (Wildman–Crippen LogP) is -2.90. The average molecular weight is 846 g/mol. The van der Waals surface area contributed by atoms with Gasteiger partial charge in [-0.1, -0.05) is 0 Å². The molecule has 53 heavy (non-hydrogen) atoms. The van der Waals surface area contributed by atoms with Crippen LogP contribution in [0.15, 0.2) is 40.5 Å². The smallest absolute Gasteiger partial charge is 1.00 e. The minimum atomic E-state index is -3.61. The molecule has 1 aliphatic rings. The molecule has 0 spiro atoms. The van der Waals surface area contributed by atoms with Gasteiger partial charge in [0.25, 0.3) is 0 Å². The van der Waals surface area contributed by atoms with E-state index in [1.54, 1.807) is 64.0 Å². The second-order valence-corrected chi connectivity index (χ2v) is 18.3. The molecule has 0 saturated heterocycles. The maximum Gasteiger partial charge on any atom is -1.00 e. The van der Waals surface area contributed by atoms with Crippen LogP contribution in [0.2, 0.25) is 3.34 Å². The zero-order valence-electron chi connectivity index (χ0n) is 33.5. The average Bonchev–Trinajstić information content (AvgIpc) is 3.27. The van der Waals surface area contributed by atoms with Crippen molar-refractivity contribution >= 4 is 23.6 Å². The number of ether oxygens (including phenoxy) is 9. The quantitative estimate of drug-likeness (QED) is 0.133. The minimum Gasteiger partial charge on any atom is -1.00 e. The van der Waals surface area contributed by atoms with Crippen LogP contribution in [0, 0.1) is 20.8 Å². The molecule has 1 aliphatic carbocycles. The summed E-state index contributed by atoms with van der Waals surface area (Å²) < 4.78 is 54.0. The van der Waals surface area contributed by atoms with Crippen molar-refractivity contribution in [1.82, 2.24) is 0 Å². The van der Waals surface area contributed by atoms with Crippen LogP contribution in [0.1, 0.15) is 44.4 Å². The third-order valence-corrected chi connectivity index (χ3v) is 19.6. The Morgan fingerprint density at radius 3 is 0.811 bits per heavy atom. The SMILES string of the molecule is COc1cc([Si](c2cc(OC)c(OC)c(OC)c2C)(c2cc(OC)c(OC)c(OC)c2C)[C]2([Ti+3])C(C)=C(C)C(C)=C2C)c(C)c(OC)c1OC.[Cl-].[Cl-].[Cl-]. The molecule has 9 nitrogen and oxygen atoms in total. The molecule has 0 aliphatic heterocycles. The summed E-state index contributed by atoms with van der Waals surface area (Å²) in [4.78, 5) is 0. The number of allylic oxidation sites excluding steroid dienone is 4. The summed E-state index contributed by atoms with van der Waals surface area (Å²) in [5.74, 6) is 4.98. The third kappa shape index (κ3) is 6.86. The van der Waals surface area contributed by atoms with Gasteiger partial charge in [-0.3, -0.25) is 0 Å². The molecule has 0 N–H and O–H groups in total. The third-order valence-electron chi connectivity index (χ3n) is 10.8. The molecule has 14 heteroatoms. The van der Waals surface area contributed by atoms with Crippen molar-refractivity contribution in [1.29, 1.82) is 0 Å². The predicted molar refractivity (Wildman–Crippen MR) is 197 cm³/mol. The summed E-state index contributed by atoms with van der Waals surface area (Å²) in [6, 6.07) is 6.38. The van der Waals surface area contributed by atoms with Crippen LogP contribution in [0.5, 0.6) is 51.7 Å². The first kappa shape index (κ1) is 48.2. The van der Waals surface area contributed by atoms with Crippen LogP contribution in [0.4, 0.5) is 0 Å². The van der Waals surface area contributed by atoms with E-state index in [0.717, 1.165) is 32.3 Å². The number of methoxy groups -OCH3 is 9. The Morgan fingerprint density at radius 1 is 0.396 bits per heavy atom. The minimum absolute atomic E-state index is 0. The van der Waals surface area contributed by atoms with E-state index in [9.17, 15) is 0 Å². The van der Waals surface area contributed by atoms with Crippen molar-refractivity contribution in [3.05, 3.63) is 57.2 Å². The molecule has 0 saturated carbocycles. The largest absolute Gasteiger partial charge is 1.00 e. The molecule has 0 atom stereocenters. The van der Waals surface area contributed by atoms with Crippen LogP contribution < -0.4 is 95.4 Å². The number of rotatable bonds is 13. The van der Waals surface area contributed by atoms with Crippen LogP contribution in [-0.4, -0.2) is 72.1 Å². The van der Waals surface area contributed by atoms with Crippen molar-refractivity contribution < 1.29 is 100 Å². The molecule has 0 heterocycles. The van der Waals surface area contributed by atoms with Crippen LogP contribution in [-0.2, 0) is 20.4 Å². The molecular formula is C39H51Cl3O9SiTi. The van der Waals surface area contributed by atoms with Gasteiger partial charge in [-0.2, -0.15) is 0 Å². The second kappa shape index (κ2) is 18.7. The Balaban J connectivity index is 0.00000468. The van der Waals surface area contributed by atoms with Crippen molar-refractivity contribution in [2.24, 2.45) is 0 Å². The fraction of sp³-hybridized carbons (Fsp3) is 0.436. The molecule has 290 valence electrons. The number of hydrogen-bond acceptors (Lipinski definition) is 9. The van der Waals surface area contributed by atoms with Gasteiger partial charge in [-0.25, -0.2) is 0 Å². The van der Waals surface area contributed by atoms with Crippen LogP contribution >= 0.6 is 0 Å². The summed E-state index contributed by atoms with van der Waals surface area (Å²) in [5, 5.41) is 3.14. The van der Waals surface area contributed by atoms with Gasteiger partial charge in [0.15, 0.2) is 0 Å². The van der Waals surface area contributed by atoms with Crippen molar-refractivity contribution in [2.45, 2.75) is 51.8 Å². The van der Waals surface area contributed by atoms with E-state index < -0.39 is 11.4 Å². The van der Waals surface area contributed by atoms with E-state index in [0.29, 0.717) is 51.7 Å². The van der Waals surface area contributed by atoms with E-state index in [4.69, 9.17) is 42.6 Å². The molecule has 0 aromatic heterocycles. The van der Waals surface area contributed by atoms with Crippen LogP contribution in [0.25, 0.3) is 0 Å². The summed E-state index contributed by atoms with van der Waals surface area (Å²) in [5.41, 5.74) is 7.78. The van der Waals surface area contributed by atoms with Gasteiger partial charge in [-0.05, 0) is 0 Å². The zero-order chi connectivity index (χ0) is 37.5. The number of hydrogen-bond donors (Lipinski definition) is 0. The van der Waals surface area contributed by atoms with Gasteiger partial charge in [0.1, 0.15) is 0 Å². The monoisotopic (exact) mass is 844 g/mol. The Kier molecular flexibility index (Phi) is 16.9. The Bertz CT molecular complexity index is 1700. The first-order chi connectivity index (χ1) is 23.7. The van der Waals surface area contributed by atoms with Crippen molar-refractivity contribution in [3.63, 3.8) is 0 Å². The van der Waals surface area contributed by atoms with Gasteiger partial charge in [0, 0.05) is 0 Å². The zero-order valence-corrected chi connectivity index (χ0v) is 38.4. The normalized spacial score (nSPS) is 13.3. The van der Waals surface area contributed by atoms with Crippen molar-refractivity contribution in [3.8, 4) is 51.7 Å². The molecule has 0 fully saturated rings. The number of benzene rings is 3. The van der Waals surface area contributed by atoms with E-state index in [1.165, 1.54) is 22.3 Å². The molecule has 0 unspecified atom stereocenters. The van der Waals surface area contributed by atoms with Crippen molar-refractivity contribution in [2.75, 3.05) is 64.0 Å². The first-order valence-electron chi connectivity index (χ1n) is 16.2. The van der Waals surface area contributed by atoms with E-state index in [1.807, 2.05) is 0 Å². The maximum absolute atomic E-state index is 6.18. The topological polar surface area (TPSA) is 83.1 Å². The summed E-state index contributed by atoms with van der Waals surface area (Å²) in [6.07, 6.45) is 0. The summed E-state index contributed by atoms with van der Waals surface area (Å²) >= 11 is 2.37. The fourth-order valence-electron chi connectivity index (χ4n) is 8.08. The summed E-state index contributed by atoms with van der Waals surface area (Å²) in [7, 11) is 11.2. The Morgan fingerprint density at radius 2 is 0.623 bits per heavy atom. The fourth-order valence-corrected chi connectivity index (χ4v) is 17.2. The molecule has 0 bridgehead atoms.